The van der Waals surface area contributed by atoms with E-state index in [9.17, 15) is 50.8 Å². The fourth-order valence-electron chi connectivity index (χ4n) is 11.5. The monoisotopic (exact) mass is 1150 g/mol. The molecule has 17 atom stereocenters. The van der Waals surface area contributed by atoms with Gasteiger partial charge >= 0.3 is 11.9 Å². The second-order valence-electron chi connectivity index (χ2n) is 20.2. The summed E-state index contributed by atoms with van der Waals surface area (Å²) in [7, 11) is 7.78. The first kappa shape index (κ1) is 59.0. The Bertz CT molecular complexity index is 2280. The number of carbonyl (C=O) groups excluding carboxylic acids is 1. The lowest BCUT2D eigenvalue weighted by atomic mass is 9.66. The molecule has 28 heteroatoms. The molecule has 1 unspecified atom stereocenters. The highest BCUT2D eigenvalue weighted by atomic mass is 33.1. The number of ether oxygens (including phenoxy) is 5. The molecule has 1 saturated heterocycles. The molecule has 424 valence electrons. The maximum absolute atomic E-state index is 15.3. The summed E-state index contributed by atoms with van der Waals surface area (Å²) in [6.07, 6.45) is 1.89. The Morgan fingerprint density at radius 2 is 1.92 bits per heavy atom. The number of carboxylic acid groups (broad SMARTS) is 1. The van der Waals surface area contributed by atoms with E-state index in [1.165, 1.54) is 13.3 Å². The van der Waals surface area contributed by atoms with Crippen LogP contribution in [0, 0.1) is 23.2 Å². The van der Waals surface area contributed by atoms with E-state index in [0.717, 1.165) is 0 Å². The van der Waals surface area contributed by atoms with Crippen LogP contribution in [0.5, 0.6) is 0 Å². The van der Waals surface area contributed by atoms with Crippen LogP contribution in [0.25, 0.3) is 0 Å². The molecule has 17 N–H and O–H groups in total. The molecule has 2 fully saturated rings. The molecule has 0 aromatic carbocycles. The Balaban J connectivity index is 1.40. The quantitative estimate of drug-likeness (QED) is 0.0158. The number of aliphatic imine (C=N–C) groups is 2. The number of aliphatic carboxylic acids is 1. The fraction of sp³-hybridized carbons (Fsp3) is 0.708. The molecule has 0 aromatic rings. The third-order valence-corrected chi connectivity index (χ3v) is 21.5. The predicted octanol–water partition coefficient (Wildman–Crippen LogP) is -2.90. The lowest BCUT2D eigenvalue weighted by Gasteiger charge is -2.51. The number of aliphatic hydroxyl groups is 8. The number of esters is 1. The summed E-state index contributed by atoms with van der Waals surface area (Å²) in [6.45, 7) is -1.95. The average molecular weight is 1150 g/mol. The number of nitrogens with zero attached hydrogens (tertiary/aromatic N) is 2. The summed E-state index contributed by atoms with van der Waals surface area (Å²) in [5.74, 6) is -5.81. The van der Waals surface area contributed by atoms with Crippen molar-refractivity contribution in [3.05, 3.63) is 59.2 Å². The number of fused-ring (bicyclic) bond motifs is 9. The zero-order valence-corrected chi connectivity index (χ0v) is 45.3. The molecule has 8 rings (SSSR count). The van der Waals surface area contributed by atoms with Crippen LogP contribution in [0.15, 0.2) is 69.2 Å². The van der Waals surface area contributed by atoms with Crippen LogP contribution >= 0.6 is 43.2 Å². The molecule has 0 amide bonds. The van der Waals surface area contributed by atoms with E-state index in [-0.39, 0.29) is 96.5 Å². The number of allylic oxidation sites excluding steroid dienone is 1. The number of nitrogens with two attached hydrogens (primary N) is 2. The zero-order chi connectivity index (χ0) is 54.3. The van der Waals surface area contributed by atoms with Crippen molar-refractivity contribution in [1.29, 1.82) is 0 Å². The van der Waals surface area contributed by atoms with Crippen LogP contribution in [0.3, 0.4) is 0 Å². The molecular formula is C48H73N8O16S4+. The van der Waals surface area contributed by atoms with E-state index in [0.29, 0.717) is 60.5 Å². The summed E-state index contributed by atoms with van der Waals surface area (Å²) >= 11 is 0. The SMILES string of the molecule is CN[C@@H](CO)O[C@H]1[C@H](O[C@@H]2OC=C3C(=O)O[C@H]4CC[C@H](CO)[C@@H]4CSS[C@@H]4[C@@H]5C[C@@H]6C[C@H](CC[C@@]2(/C=C/CSS5)[C@@H]3/C=C/C2=C(NC(N)=NCCCO)C(C(=O)O)=C[NH+](C2)[C@H]4CO)N=C(N)N6)O[C@H](CO)[C@@H](O)C1(O)O. The molecule has 0 radical (unpaired) electrons. The van der Waals surface area contributed by atoms with Gasteiger partial charge in [-0.3, -0.25) is 20.2 Å². The Kier molecular flexibility index (Phi) is 20.5. The molecule has 8 aliphatic rings. The number of hydrogen-bond acceptors (Lipinski definition) is 24. The van der Waals surface area contributed by atoms with Gasteiger partial charge in [0.2, 0.25) is 12.1 Å². The van der Waals surface area contributed by atoms with Gasteiger partial charge in [-0.15, -0.1) is 0 Å². The Labute approximate surface area is 456 Å². The van der Waals surface area contributed by atoms with Gasteiger partial charge in [0.1, 0.15) is 48.9 Å². The van der Waals surface area contributed by atoms with Gasteiger partial charge < -0.3 is 91.7 Å². The topological polar surface area (TPSA) is 380 Å². The molecule has 1 spiro atoms. The van der Waals surface area contributed by atoms with E-state index in [1.807, 2.05) is 12.2 Å². The van der Waals surface area contributed by atoms with E-state index in [4.69, 9.17) is 40.1 Å². The smallest absolute Gasteiger partial charge is 0.343 e. The molecule has 1 saturated carbocycles. The van der Waals surface area contributed by atoms with Gasteiger partial charge in [0.05, 0.1) is 54.1 Å². The highest BCUT2D eigenvalue weighted by molar-refractivity contribution is 8.78. The van der Waals surface area contributed by atoms with Gasteiger partial charge in [0.25, 0.3) is 0 Å². The number of quaternary nitrogens is 1. The van der Waals surface area contributed by atoms with E-state index >= 15 is 4.79 Å². The standard InChI is InChI=1S/C48H72N8O16S4/c1-51-36(21-61)71-40-43(70-34(20-60)39(62)48(40,66)67)72-44-47-9-2-13-73-75-35(15-27-14-26(8-10-47)53-46(50)54-27)38-32(19-59)56-16-24(37(28(17-56)41(63)64)55-45(49)52-11-3-12-57)4-6-31(47)29(22-68-44)42(65)69-33-7-5-25(18-58)30(33)23-74-76-38/h2,4,6,9,17,22,25-27,30-36,38-40,43-44,51,57-62,66-67H,3,5,7-8,10-16,18-21,23H2,1H3,(H,63,64)(H3,49,52,55)(H3,50,53,54)/p+1/b6-4+,9-2+/t25-,26+,27+,30+,31-,32+,33+,34-,35+,36-,38+,39-,40+,43+,44+,47+/m1/s1. The number of nitrogens with one attached hydrogen (secondary N) is 4. The number of carbonyl (C=O) groups is 2. The average Bonchev–Trinajstić information content (AvgIpc) is 3.80. The minimum Gasteiger partial charge on any atom is -0.477 e. The summed E-state index contributed by atoms with van der Waals surface area (Å²) < 4.78 is 32.0. The predicted molar refractivity (Wildman–Crippen MR) is 284 cm³/mol. The summed E-state index contributed by atoms with van der Waals surface area (Å²) in [5, 5.41) is 107. The molecule has 1 aliphatic carbocycles. The van der Waals surface area contributed by atoms with Gasteiger partial charge in [-0.2, -0.15) is 0 Å². The van der Waals surface area contributed by atoms with Crippen LogP contribution in [-0.2, 0) is 33.3 Å². The van der Waals surface area contributed by atoms with Crippen LogP contribution in [0.4, 0.5) is 0 Å². The van der Waals surface area contributed by atoms with Gasteiger partial charge in [-0.05, 0) is 57.9 Å². The Hall–Kier alpha value is -3.14. The van der Waals surface area contributed by atoms with Gasteiger partial charge in [-0.1, -0.05) is 67.5 Å². The zero-order valence-electron chi connectivity index (χ0n) is 42.0. The first-order valence-electron chi connectivity index (χ1n) is 25.6. The second-order valence-corrected chi connectivity index (χ2v) is 25.4. The van der Waals surface area contributed by atoms with Gasteiger partial charge in [0, 0.05) is 60.0 Å². The molecule has 0 aromatic heterocycles. The van der Waals surface area contributed by atoms with E-state index in [2.05, 4.69) is 20.9 Å². The fourth-order valence-corrected chi connectivity index (χ4v) is 18.3. The van der Waals surface area contributed by atoms with Crippen molar-refractivity contribution in [2.45, 2.75) is 123 Å². The Morgan fingerprint density at radius 1 is 1.11 bits per heavy atom. The lowest BCUT2D eigenvalue weighted by Crippen LogP contribution is -3.14. The van der Waals surface area contributed by atoms with Gasteiger partial charge in [0.15, 0.2) is 24.3 Å². The molecule has 24 nitrogen and oxygen atoms in total. The number of carboxylic acids is 1. The maximum Gasteiger partial charge on any atom is 0.343 e. The highest BCUT2D eigenvalue weighted by Crippen LogP contribution is 2.52. The normalized spacial score (nSPS) is 39.1. The van der Waals surface area contributed by atoms with Crippen molar-refractivity contribution >= 4 is 67.0 Å². The van der Waals surface area contributed by atoms with Crippen LogP contribution in [0.2, 0.25) is 0 Å². The summed E-state index contributed by atoms with van der Waals surface area (Å²) in [4.78, 5) is 38.7. The van der Waals surface area contributed by atoms with Crippen molar-refractivity contribution in [2.24, 2.45) is 44.6 Å². The maximum atomic E-state index is 15.3. The minimum absolute atomic E-state index is 0.0284. The van der Waals surface area contributed by atoms with Crippen molar-refractivity contribution in [3.8, 4) is 0 Å². The number of aliphatic hydroxyl groups excluding tert-OH is 6. The van der Waals surface area contributed by atoms with Crippen LogP contribution < -0.4 is 32.3 Å². The number of hydrogen-bond donors (Lipinski definition) is 15. The first-order chi connectivity index (χ1) is 36.6. The third kappa shape index (κ3) is 12.9. The van der Waals surface area contributed by atoms with E-state index < -0.39 is 97.6 Å². The molecule has 8 bridgehead atoms. The Morgan fingerprint density at radius 3 is 2.64 bits per heavy atom. The molecular weight excluding hydrogens is 1070 g/mol. The summed E-state index contributed by atoms with van der Waals surface area (Å²) in [6, 6.07) is -1.23. The second kappa shape index (κ2) is 26.4. The minimum atomic E-state index is -3.15. The number of likely N-dealkylation sites (N-methyl/N-ethyl adjacent to an activating group) is 1. The first-order valence-corrected chi connectivity index (χ1v) is 30.4. The highest BCUT2D eigenvalue weighted by Gasteiger charge is 2.60. The van der Waals surface area contributed by atoms with Crippen molar-refractivity contribution in [2.75, 3.05) is 64.7 Å². The number of guanidine groups is 2. The lowest BCUT2D eigenvalue weighted by molar-refractivity contribution is -0.870. The van der Waals surface area contributed by atoms with Crippen LogP contribution in [-0.4, -0.2) is 212 Å². The molecule has 7 aliphatic heterocycles. The van der Waals surface area contributed by atoms with Crippen LogP contribution in [0.1, 0.15) is 44.9 Å². The number of rotatable bonds is 14. The van der Waals surface area contributed by atoms with E-state index in [1.54, 1.807) is 61.5 Å². The van der Waals surface area contributed by atoms with Gasteiger partial charge in [-0.25, -0.2) is 9.59 Å². The van der Waals surface area contributed by atoms with Crippen molar-refractivity contribution in [1.82, 2.24) is 16.0 Å². The van der Waals surface area contributed by atoms with Crippen molar-refractivity contribution in [3.63, 3.8) is 0 Å². The third-order valence-electron chi connectivity index (χ3n) is 15.5. The molecule has 76 heavy (non-hydrogen) atoms. The van der Waals surface area contributed by atoms with Crippen molar-refractivity contribution < 1.29 is 84.1 Å². The largest absolute Gasteiger partial charge is 0.477 e. The molecule has 7 heterocycles. The summed E-state index contributed by atoms with van der Waals surface area (Å²) in [5.41, 5.74) is 11.9.